The van der Waals surface area contributed by atoms with Crippen molar-refractivity contribution in [2.75, 3.05) is 10.6 Å². The molecule has 3 rings (SSSR count). The van der Waals surface area contributed by atoms with Crippen LogP contribution < -0.4 is 10.6 Å². The van der Waals surface area contributed by atoms with Gasteiger partial charge in [0.1, 0.15) is 5.82 Å². The Morgan fingerprint density at radius 3 is 2.28 bits per heavy atom. The first kappa shape index (κ1) is 17.5. The Bertz CT molecular complexity index is 848. The number of hydrogen-bond acceptors (Lipinski definition) is 4. The molecule has 1 aromatic heterocycles. The van der Waals surface area contributed by atoms with E-state index in [0.717, 1.165) is 17.2 Å². The molecular formula is C19H18Cl2N4. The minimum Gasteiger partial charge on any atom is -0.363 e. The van der Waals surface area contributed by atoms with Crippen molar-refractivity contribution in [1.29, 1.82) is 0 Å². The fourth-order valence-corrected chi connectivity index (χ4v) is 3.03. The first-order valence-corrected chi connectivity index (χ1v) is 8.65. The average molecular weight is 373 g/mol. The van der Waals surface area contributed by atoms with E-state index in [1.165, 1.54) is 5.56 Å². The molecular weight excluding hydrogens is 355 g/mol. The van der Waals surface area contributed by atoms with Crippen molar-refractivity contribution in [3.8, 4) is 0 Å². The summed E-state index contributed by atoms with van der Waals surface area (Å²) in [6.07, 6.45) is 0. The molecule has 6 heteroatoms. The Labute approximate surface area is 157 Å². The van der Waals surface area contributed by atoms with Crippen molar-refractivity contribution in [3.63, 3.8) is 0 Å². The Morgan fingerprint density at radius 2 is 1.60 bits per heavy atom. The summed E-state index contributed by atoms with van der Waals surface area (Å²) in [5, 5.41) is 7.66. The number of aromatic nitrogens is 2. The maximum atomic E-state index is 6.04. The van der Waals surface area contributed by atoms with Crippen molar-refractivity contribution in [3.05, 3.63) is 75.9 Å². The van der Waals surface area contributed by atoms with Gasteiger partial charge in [-0.05, 0) is 37.6 Å². The zero-order chi connectivity index (χ0) is 17.8. The van der Waals surface area contributed by atoms with E-state index >= 15 is 0 Å². The highest BCUT2D eigenvalue weighted by molar-refractivity contribution is 6.35. The van der Waals surface area contributed by atoms with Crippen LogP contribution >= 0.6 is 23.2 Å². The number of halogens is 2. The van der Waals surface area contributed by atoms with Crippen molar-refractivity contribution in [1.82, 2.24) is 9.97 Å². The second kappa shape index (κ2) is 7.72. The highest BCUT2D eigenvalue weighted by atomic mass is 35.5. The monoisotopic (exact) mass is 372 g/mol. The van der Waals surface area contributed by atoms with Gasteiger partial charge in [-0.3, -0.25) is 0 Å². The van der Waals surface area contributed by atoms with Crippen LogP contribution in [0.15, 0.2) is 54.6 Å². The first-order chi connectivity index (χ1) is 12.0. The van der Waals surface area contributed by atoms with E-state index in [2.05, 4.69) is 39.7 Å². The number of nitrogens with one attached hydrogen (secondary N) is 2. The van der Waals surface area contributed by atoms with Crippen molar-refractivity contribution in [2.45, 2.75) is 19.9 Å². The van der Waals surface area contributed by atoms with Crippen LogP contribution in [0, 0.1) is 6.92 Å². The molecule has 1 atom stereocenters. The van der Waals surface area contributed by atoms with Crippen LogP contribution in [0.2, 0.25) is 10.0 Å². The molecule has 0 amide bonds. The van der Waals surface area contributed by atoms with E-state index in [9.17, 15) is 0 Å². The lowest BCUT2D eigenvalue weighted by atomic mass is 10.1. The van der Waals surface area contributed by atoms with Gasteiger partial charge in [0, 0.05) is 33.5 Å². The summed E-state index contributed by atoms with van der Waals surface area (Å²) in [6, 6.07) is 17.5. The summed E-state index contributed by atoms with van der Waals surface area (Å²) >= 11 is 12.1. The fourth-order valence-electron chi connectivity index (χ4n) is 2.50. The van der Waals surface area contributed by atoms with Gasteiger partial charge >= 0.3 is 0 Å². The van der Waals surface area contributed by atoms with Gasteiger partial charge < -0.3 is 10.6 Å². The lowest BCUT2D eigenvalue weighted by Gasteiger charge is -2.16. The Hall–Kier alpha value is -2.30. The largest absolute Gasteiger partial charge is 0.363 e. The summed E-state index contributed by atoms with van der Waals surface area (Å²) in [7, 11) is 0. The summed E-state index contributed by atoms with van der Waals surface area (Å²) < 4.78 is 0. The van der Waals surface area contributed by atoms with Crippen LogP contribution in [0.25, 0.3) is 0 Å². The topological polar surface area (TPSA) is 49.8 Å². The molecule has 0 saturated carbocycles. The smallest absolute Gasteiger partial charge is 0.229 e. The number of benzene rings is 2. The number of nitrogens with zero attached hydrogens (tertiary/aromatic N) is 2. The predicted octanol–water partition coefficient (Wildman–Crippen LogP) is 6.01. The summed E-state index contributed by atoms with van der Waals surface area (Å²) in [5.41, 5.74) is 2.79. The zero-order valence-corrected chi connectivity index (χ0v) is 15.4. The van der Waals surface area contributed by atoms with Gasteiger partial charge in [0.15, 0.2) is 0 Å². The number of rotatable bonds is 5. The van der Waals surface area contributed by atoms with Crippen molar-refractivity contribution < 1.29 is 0 Å². The lowest BCUT2D eigenvalue weighted by Crippen LogP contribution is -2.09. The van der Waals surface area contributed by atoms with E-state index in [1.54, 1.807) is 18.2 Å². The summed E-state index contributed by atoms with van der Waals surface area (Å²) in [4.78, 5) is 8.95. The second-order valence-electron chi connectivity index (χ2n) is 5.78. The third-order valence-corrected chi connectivity index (χ3v) is 4.07. The highest BCUT2D eigenvalue weighted by Crippen LogP contribution is 2.25. The summed E-state index contributed by atoms with van der Waals surface area (Å²) in [5.74, 6) is 1.24. The van der Waals surface area contributed by atoms with Crippen molar-refractivity contribution in [2.24, 2.45) is 0 Å². The molecule has 0 spiro atoms. The normalized spacial score (nSPS) is 11.8. The van der Waals surface area contributed by atoms with E-state index in [-0.39, 0.29) is 6.04 Å². The number of aryl methyl sites for hydroxylation is 1. The molecule has 0 aliphatic heterocycles. The van der Waals surface area contributed by atoms with Gasteiger partial charge in [0.25, 0.3) is 0 Å². The third-order valence-electron chi connectivity index (χ3n) is 3.64. The molecule has 2 N–H and O–H groups in total. The molecule has 3 aromatic rings. The number of hydrogen-bond donors (Lipinski definition) is 2. The zero-order valence-electron chi connectivity index (χ0n) is 13.9. The third kappa shape index (κ3) is 4.84. The Balaban J connectivity index is 1.80. The SMILES string of the molecule is Cc1cc(NC(C)c2ccccc2)nc(Nc2cc(Cl)cc(Cl)c2)n1. The Morgan fingerprint density at radius 1 is 0.920 bits per heavy atom. The van der Waals surface area contributed by atoms with Crippen LogP contribution in [0.4, 0.5) is 17.5 Å². The van der Waals surface area contributed by atoms with Crippen LogP contribution in [-0.2, 0) is 0 Å². The van der Waals surface area contributed by atoms with Crippen LogP contribution in [0.3, 0.4) is 0 Å². The maximum Gasteiger partial charge on any atom is 0.229 e. The van der Waals surface area contributed by atoms with E-state index in [1.807, 2.05) is 31.2 Å². The molecule has 128 valence electrons. The molecule has 4 nitrogen and oxygen atoms in total. The van der Waals surface area contributed by atoms with Gasteiger partial charge in [-0.25, -0.2) is 4.98 Å². The van der Waals surface area contributed by atoms with Gasteiger partial charge in [-0.1, -0.05) is 53.5 Å². The lowest BCUT2D eigenvalue weighted by molar-refractivity contribution is 0.871. The van der Waals surface area contributed by atoms with Gasteiger partial charge in [-0.15, -0.1) is 0 Å². The predicted molar refractivity (Wildman–Crippen MR) is 105 cm³/mol. The molecule has 0 fully saturated rings. The van der Waals surface area contributed by atoms with E-state index in [0.29, 0.717) is 16.0 Å². The maximum absolute atomic E-state index is 6.04. The molecule has 0 saturated heterocycles. The van der Waals surface area contributed by atoms with E-state index in [4.69, 9.17) is 23.2 Å². The molecule has 25 heavy (non-hydrogen) atoms. The van der Waals surface area contributed by atoms with Gasteiger partial charge in [-0.2, -0.15) is 4.98 Å². The van der Waals surface area contributed by atoms with Crippen LogP contribution in [-0.4, -0.2) is 9.97 Å². The highest BCUT2D eigenvalue weighted by Gasteiger charge is 2.08. The minimum atomic E-state index is 0.129. The van der Waals surface area contributed by atoms with Crippen LogP contribution in [0.5, 0.6) is 0 Å². The molecule has 0 aliphatic rings. The second-order valence-corrected chi connectivity index (χ2v) is 6.65. The number of anilines is 3. The average Bonchev–Trinajstić information content (AvgIpc) is 2.54. The van der Waals surface area contributed by atoms with Gasteiger partial charge in [0.05, 0.1) is 0 Å². The Kier molecular flexibility index (Phi) is 5.41. The standard InChI is InChI=1S/C19H18Cl2N4/c1-12-8-18(23-13(2)14-6-4-3-5-7-14)25-19(22-12)24-17-10-15(20)9-16(21)11-17/h3-11,13H,1-2H3,(H2,22,23,24,25). The fraction of sp³-hybridized carbons (Fsp3) is 0.158. The van der Waals surface area contributed by atoms with Crippen molar-refractivity contribution >= 4 is 40.7 Å². The molecule has 1 unspecified atom stereocenters. The quantitative estimate of drug-likeness (QED) is 0.575. The molecule has 0 bridgehead atoms. The van der Waals surface area contributed by atoms with E-state index < -0.39 is 0 Å². The van der Waals surface area contributed by atoms with Crippen LogP contribution in [0.1, 0.15) is 24.2 Å². The molecule has 0 radical (unpaired) electrons. The summed E-state index contributed by atoms with van der Waals surface area (Å²) in [6.45, 7) is 4.02. The van der Waals surface area contributed by atoms with Gasteiger partial charge in [0.2, 0.25) is 5.95 Å². The first-order valence-electron chi connectivity index (χ1n) is 7.90. The minimum absolute atomic E-state index is 0.129. The molecule has 1 heterocycles. The molecule has 0 aliphatic carbocycles. The molecule has 2 aromatic carbocycles.